The predicted molar refractivity (Wildman–Crippen MR) is 118 cm³/mol. The van der Waals surface area contributed by atoms with E-state index in [1.807, 2.05) is 24.3 Å². The Hall–Kier alpha value is -1.51. The number of hydrogen-bond acceptors (Lipinski definition) is 3. The van der Waals surface area contributed by atoms with Crippen molar-refractivity contribution in [3.8, 4) is 5.75 Å². The molecule has 1 aromatic carbocycles. The van der Waals surface area contributed by atoms with E-state index in [0.29, 0.717) is 12.5 Å². The molecule has 0 aromatic heterocycles. The van der Waals surface area contributed by atoms with E-state index in [1.165, 1.54) is 12.8 Å². The summed E-state index contributed by atoms with van der Waals surface area (Å²) in [5.41, 5.74) is 1.03. The fraction of sp³-hybridized carbons (Fsp3) is 0.579. The number of ether oxygens (including phenoxy) is 1. The molecule has 0 aliphatic heterocycles. The molecule has 148 valence electrons. The number of guanidine groups is 1. The topological polar surface area (TPSA) is 74.8 Å². The number of halogens is 1. The van der Waals surface area contributed by atoms with Crippen molar-refractivity contribution in [2.45, 2.75) is 39.7 Å². The van der Waals surface area contributed by atoms with Crippen LogP contribution in [0.2, 0.25) is 0 Å². The smallest absolute Gasteiger partial charge is 0.239 e. The van der Waals surface area contributed by atoms with Crippen molar-refractivity contribution in [1.29, 1.82) is 0 Å². The predicted octanol–water partition coefficient (Wildman–Crippen LogP) is 2.92. The fourth-order valence-electron chi connectivity index (χ4n) is 2.28. The van der Waals surface area contributed by atoms with Gasteiger partial charge in [0, 0.05) is 20.1 Å². The Morgan fingerprint density at radius 3 is 2.38 bits per heavy atom. The van der Waals surface area contributed by atoms with E-state index in [2.05, 4.69) is 34.8 Å². The molecule has 0 saturated carbocycles. The number of benzene rings is 1. The highest BCUT2D eigenvalue weighted by atomic mass is 127. The lowest BCUT2D eigenvalue weighted by molar-refractivity contribution is -0.120. The number of methoxy groups -OCH3 is 1. The Bertz CT molecular complexity index is 533. The zero-order chi connectivity index (χ0) is 18.5. The van der Waals surface area contributed by atoms with Crippen LogP contribution < -0.4 is 20.7 Å². The first kappa shape index (κ1) is 24.5. The molecule has 0 bridgehead atoms. The molecule has 0 atom stereocenters. The van der Waals surface area contributed by atoms with Gasteiger partial charge in [-0.2, -0.15) is 0 Å². The average Bonchev–Trinajstić information content (AvgIpc) is 2.62. The molecule has 26 heavy (non-hydrogen) atoms. The normalized spacial score (nSPS) is 10.9. The van der Waals surface area contributed by atoms with Gasteiger partial charge in [-0.05, 0) is 30.0 Å². The lowest BCUT2D eigenvalue weighted by Crippen LogP contribution is -2.43. The highest BCUT2D eigenvalue weighted by molar-refractivity contribution is 14.0. The molecule has 6 nitrogen and oxygen atoms in total. The first-order valence-electron chi connectivity index (χ1n) is 8.89. The summed E-state index contributed by atoms with van der Waals surface area (Å²) in [6, 6.07) is 7.63. The average molecular weight is 476 g/mol. The van der Waals surface area contributed by atoms with Crippen molar-refractivity contribution >= 4 is 35.8 Å². The molecule has 0 fully saturated rings. The summed E-state index contributed by atoms with van der Waals surface area (Å²) in [5.74, 6) is 2.13. The third-order valence-electron chi connectivity index (χ3n) is 3.79. The van der Waals surface area contributed by atoms with Gasteiger partial charge in [0.15, 0.2) is 5.96 Å². The molecular weight excluding hydrogens is 443 g/mol. The molecule has 7 heteroatoms. The number of nitrogens with one attached hydrogen (secondary N) is 3. The summed E-state index contributed by atoms with van der Waals surface area (Å²) < 4.78 is 5.11. The second kappa shape index (κ2) is 14.6. The first-order valence-corrected chi connectivity index (χ1v) is 8.89. The summed E-state index contributed by atoms with van der Waals surface area (Å²) in [5, 5.41) is 9.14. The summed E-state index contributed by atoms with van der Waals surface area (Å²) in [6.07, 6.45) is 3.54. The van der Waals surface area contributed by atoms with Gasteiger partial charge in [-0.25, -0.2) is 0 Å². The maximum atomic E-state index is 11.9. The number of nitrogens with zero attached hydrogens (tertiary/aromatic N) is 1. The van der Waals surface area contributed by atoms with Gasteiger partial charge < -0.3 is 20.7 Å². The van der Waals surface area contributed by atoms with Crippen molar-refractivity contribution in [3.05, 3.63) is 29.8 Å². The maximum Gasteiger partial charge on any atom is 0.239 e. The fourth-order valence-corrected chi connectivity index (χ4v) is 2.28. The Kier molecular flexibility index (Phi) is 13.8. The van der Waals surface area contributed by atoms with E-state index in [0.717, 1.165) is 30.2 Å². The van der Waals surface area contributed by atoms with E-state index in [4.69, 9.17) is 4.74 Å². The van der Waals surface area contributed by atoms with Crippen molar-refractivity contribution in [2.24, 2.45) is 10.9 Å². The van der Waals surface area contributed by atoms with Gasteiger partial charge in [0.25, 0.3) is 0 Å². The van der Waals surface area contributed by atoms with Crippen LogP contribution in [-0.4, -0.2) is 39.1 Å². The Labute approximate surface area is 174 Å². The highest BCUT2D eigenvalue weighted by Crippen LogP contribution is 2.10. The van der Waals surface area contributed by atoms with Crippen LogP contribution >= 0.6 is 24.0 Å². The molecule has 1 rings (SSSR count). The number of unbranched alkanes of at least 4 members (excludes halogenated alkanes) is 1. The van der Waals surface area contributed by atoms with Gasteiger partial charge in [0.05, 0.1) is 13.7 Å². The van der Waals surface area contributed by atoms with Gasteiger partial charge in [0.1, 0.15) is 5.75 Å². The van der Waals surface area contributed by atoms with E-state index < -0.39 is 0 Å². The Morgan fingerprint density at radius 2 is 1.81 bits per heavy atom. The Balaban J connectivity index is 0.00000625. The number of carbonyl (C=O) groups is 1. The number of carbonyl (C=O) groups excluding carboxylic acids is 1. The van der Waals surface area contributed by atoms with Crippen LogP contribution in [0.1, 0.15) is 38.7 Å². The van der Waals surface area contributed by atoms with Crippen LogP contribution in [0.5, 0.6) is 5.75 Å². The van der Waals surface area contributed by atoms with Gasteiger partial charge in [-0.3, -0.25) is 9.79 Å². The number of hydrogen-bond donors (Lipinski definition) is 3. The molecule has 0 radical (unpaired) electrons. The number of rotatable bonds is 10. The van der Waals surface area contributed by atoms with E-state index in [1.54, 1.807) is 14.2 Å². The summed E-state index contributed by atoms with van der Waals surface area (Å²) in [7, 11) is 3.34. The Morgan fingerprint density at radius 1 is 1.12 bits per heavy atom. The van der Waals surface area contributed by atoms with E-state index >= 15 is 0 Å². The molecule has 3 N–H and O–H groups in total. The summed E-state index contributed by atoms with van der Waals surface area (Å²) in [4.78, 5) is 16.1. The monoisotopic (exact) mass is 476 g/mol. The minimum absolute atomic E-state index is 0. The highest BCUT2D eigenvalue weighted by Gasteiger charge is 2.04. The summed E-state index contributed by atoms with van der Waals surface area (Å²) >= 11 is 0. The molecule has 0 spiro atoms. The largest absolute Gasteiger partial charge is 0.497 e. The SMILES string of the molecule is CN=C(NCCCCC(C)C)NCC(=O)NCc1ccc(OC)cc1.I. The van der Waals surface area contributed by atoms with Gasteiger partial charge in [0.2, 0.25) is 5.91 Å². The standard InChI is InChI=1S/C19H32N4O2.HI/c1-15(2)7-5-6-12-21-19(20-3)23-14-18(24)22-13-16-8-10-17(25-4)11-9-16;/h8-11,15H,5-7,12-14H2,1-4H3,(H,22,24)(H2,20,21,23);1H. The van der Waals surface area contributed by atoms with Crippen LogP contribution in [0.25, 0.3) is 0 Å². The summed E-state index contributed by atoms with van der Waals surface area (Å²) in [6.45, 7) is 6.02. The third-order valence-corrected chi connectivity index (χ3v) is 3.79. The zero-order valence-electron chi connectivity index (χ0n) is 16.3. The van der Waals surface area contributed by atoms with Crippen LogP contribution in [-0.2, 0) is 11.3 Å². The lowest BCUT2D eigenvalue weighted by Gasteiger charge is -2.12. The molecule has 0 unspecified atom stereocenters. The second-order valence-electron chi connectivity index (χ2n) is 6.37. The molecule has 1 aromatic rings. The molecule has 1 amide bonds. The molecule has 0 aliphatic rings. The quantitative estimate of drug-likeness (QED) is 0.210. The van der Waals surface area contributed by atoms with Crippen LogP contribution in [0, 0.1) is 5.92 Å². The van der Waals surface area contributed by atoms with Crippen molar-refractivity contribution in [2.75, 3.05) is 27.2 Å². The van der Waals surface area contributed by atoms with Crippen molar-refractivity contribution in [1.82, 2.24) is 16.0 Å². The molecule has 0 saturated heterocycles. The minimum Gasteiger partial charge on any atom is -0.497 e. The number of aliphatic imine (C=N–C) groups is 1. The maximum absolute atomic E-state index is 11.9. The molecular formula is C19H33IN4O2. The minimum atomic E-state index is -0.0708. The first-order chi connectivity index (χ1) is 12.0. The number of amides is 1. The van der Waals surface area contributed by atoms with Gasteiger partial charge in [-0.1, -0.05) is 38.8 Å². The second-order valence-corrected chi connectivity index (χ2v) is 6.37. The van der Waals surface area contributed by atoms with Gasteiger partial charge in [-0.15, -0.1) is 24.0 Å². The molecule has 0 heterocycles. The van der Waals surface area contributed by atoms with Crippen molar-refractivity contribution in [3.63, 3.8) is 0 Å². The molecule has 0 aliphatic carbocycles. The zero-order valence-corrected chi connectivity index (χ0v) is 18.6. The van der Waals surface area contributed by atoms with Crippen molar-refractivity contribution < 1.29 is 9.53 Å². The van der Waals surface area contributed by atoms with Crippen LogP contribution in [0.15, 0.2) is 29.3 Å². The third kappa shape index (κ3) is 11.2. The van der Waals surface area contributed by atoms with Gasteiger partial charge >= 0.3 is 0 Å². The van der Waals surface area contributed by atoms with E-state index in [-0.39, 0.29) is 36.4 Å². The van der Waals surface area contributed by atoms with Crippen LogP contribution in [0.4, 0.5) is 0 Å². The van der Waals surface area contributed by atoms with E-state index in [9.17, 15) is 4.79 Å². The van der Waals surface area contributed by atoms with Crippen LogP contribution in [0.3, 0.4) is 0 Å². The lowest BCUT2D eigenvalue weighted by atomic mass is 10.1.